The van der Waals surface area contributed by atoms with Crippen molar-refractivity contribution in [3.63, 3.8) is 0 Å². The van der Waals surface area contributed by atoms with E-state index in [-0.39, 0.29) is 11.9 Å². The van der Waals surface area contributed by atoms with Crippen LogP contribution in [-0.2, 0) is 0 Å². The number of rotatable bonds is 6. The van der Waals surface area contributed by atoms with E-state index in [1.54, 1.807) is 0 Å². The molecule has 0 bridgehead atoms. The first-order valence-corrected chi connectivity index (χ1v) is 8.12. The molecule has 0 N–H and O–H groups in total. The topological polar surface area (TPSA) is 26.3 Å². The Labute approximate surface area is 119 Å². The van der Waals surface area contributed by atoms with E-state index in [1.165, 1.54) is 25.7 Å². The van der Waals surface area contributed by atoms with Gasteiger partial charge in [-0.1, -0.05) is 25.0 Å². The van der Waals surface area contributed by atoms with E-state index in [2.05, 4.69) is 0 Å². The summed E-state index contributed by atoms with van der Waals surface area (Å²) >= 11 is 1.81. The molecule has 1 fully saturated rings. The summed E-state index contributed by atoms with van der Waals surface area (Å²) in [5.41, 5.74) is 0.724. The lowest BCUT2D eigenvalue weighted by molar-refractivity contribution is 0.101. The second-order valence-electron chi connectivity index (χ2n) is 5.30. The standard InChI is InChI=1S/C16H22O2S/c1-12(2)18-16-10-6-5-9-14(16)15(17)11-19-13-7-3-4-8-13/h5-6,9-10,12-13H,3-4,7-8,11H2,1-2H3. The lowest BCUT2D eigenvalue weighted by Crippen LogP contribution is -2.12. The molecule has 1 saturated carbocycles. The van der Waals surface area contributed by atoms with Gasteiger partial charge in [-0.05, 0) is 38.8 Å². The highest BCUT2D eigenvalue weighted by molar-refractivity contribution is 8.00. The highest BCUT2D eigenvalue weighted by Crippen LogP contribution is 2.30. The van der Waals surface area contributed by atoms with Crippen LogP contribution in [0.15, 0.2) is 24.3 Å². The number of Topliss-reactive ketones (excluding diaryl/α,β-unsaturated/α-hetero) is 1. The maximum atomic E-state index is 12.3. The fraction of sp³-hybridized carbons (Fsp3) is 0.562. The Balaban J connectivity index is 1.97. The molecule has 1 aromatic rings. The van der Waals surface area contributed by atoms with Crippen LogP contribution in [0.3, 0.4) is 0 Å². The van der Waals surface area contributed by atoms with Crippen LogP contribution in [0.2, 0.25) is 0 Å². The van der Waals surface area contributed by atoms with Gasteiger partial charge in [-0.2, -0.15) is 11.8 Å². The molecule has 0 saturated heterocycles. The van der Waals surface area contributed by atoms with Crippen LogP contribution in [0.1, 0.15) is 49.9 Å². The molecule has 19 heavy (non-hydrogen) atoms. The zero-order chi connectivity index (χ0) is 13.7. The van der Waals surface area contributed by atoms with Gasteiger partial charge in [0.1, 0.15) is 5.75 Å². The van der Waals surface area contributed by atoms with Gasteiger partial charge in [0, 0.05) is 5.25 Å². The predicted molar refractivity (Wildman–Crippen MR) is 81.3 cm³/mol. The molecule has 0 radical (unpaired) electrons. The number of para-hydroxylation sites is 1. The van der Waals surface area contributed by atoms with Crippen molar-refractivity contribution >= 4 is 17.5 Å². The number of carbonyl (C=O) groups excluding carboxylic acids is 1. The second-order valence-corrected chi connectivity index (χ2v) is 6.59. The molecule has 0 heterocycles. The number of hydrogen-bond donors (Lipinski definition) is 0. The summed E-state index contributed by atoms with van der Waals surface area (Å²) in [6.07, 6.45) is 5.26. The zero-order valence-corrected chi connectivity index (χ0v) is 12.5. The molecule has 1 aliphatic rings. The Morgan fingerprint density at radius 2 is 2.00 bits per heavy atom. The van der Waals surface area contributed by atoms with Crippen molar-refractivity contribution in [3.05, 3.63) is 29.8 Å². The first-order valence-electron chi connectivity index (χ1n) is 7.07. The van der Waals surface area contributed by atoms with Gasteiger partial charge in [0.05, 0.1) is 17.4 Å². The Morgan fingerprint density at radius 3 is 2.68 bits per heavy atom. The van der Waals surface area contributed by atoms with Gasteiger partial charge in [-0.15, -0.1) is 0 Å². The third-order valence-electron chi connectivity index (χ3n) is 3.30. The molecule has 104 valence electrons. The molecule has 0 atom stereocenters. The van der Waals surface area contributed by atoms with Gasteiger partial charge in [0.25, 0.3) is 0 Å². The molecular formula is C16H22O2S. The molecule has 1 aromatic carbocycles. The summed E-state index contributed by atoms with van der Waals surface area (Å²) in [4.78, 5) is 12.3. The monoisotopic (exact) mass is 278 g/mol. The minimum atomic E-state index is 0.0939. The van der Waals surface area contributed by atoms with Crippen LogP contribution in [0, 0.1) is 0 Å². The van der Waals surface area contributed by atoms with Crippen molar-refractivity contribution in [2.45, 2.75) is 50.9 Å². The average molecular weight is 278 g/mol. The lowest BCUT2D eigenvalue weighted by atomic mass is 10.1. The second kappa shape index (κ2) is 6.99. The summed E-state index contributed by atoms with van der Waals surface area (Å²) in [6, 6.07) is 7.57. The molecule has 3 heteroatoms. The quantitative estimate of drug-likeness (QED) is 0.724. The van der Waals surface area contributed by atoms with E-state index in [9.17, 15) is 4.79 Å². The fourth-order valence-corrected chi connectivity index (χ4v) is 3.59. The minimum Gasteiger partial charge on any atom is -0.490 e. The van der Waals surface area contributed by atoms with E-state index in [1.807, 2.05) is 49.9 Å². The first kappa shape index (κ1) is 14.4. The zero-order valence-electron chi connectivity index (χ0n) is 11.7. The maximum absolute atomic E-state index is 12.3. The molecule has 0 aromatic heterocycles. The van der Waals surface area contributed by atoms with E-state index < -0.39 is 0 Å². The maximum Gasteiger partial charge on any atom is 0.176 e. The van der Waals surface area contributed by atoms with E-state index >= 15 is 0 Å². The molecule has 2 rings (SSSR count). The number of benzene rings is 1. The number of carbonyl (C=O) groups is 1. The van der Waals surface area contributed by atoms with Crippen molar-refractivity contribution in [1.29, 1.82) is 0 Å². The highest BCUT2D eigenvalue weighted by Gasteiger charge is 2.19. The number of thioether (sulfide) groups is 1. The number of hydrogen-bond acceptors (Lipinski definition) is 3. The van der Waals surface area contributed by atoms with Crippen molar-refractivity contribution < 1.29 is 9.53 Å². The minimum absolute atomic E-state index is 0.0939. The normalized spacial score (nSPS) is 15.9. The van der Waals surface area contributed by atoms with Gasteiger partial charge >= 0.3 is 0 Å². The Morgan fingerprint density at radius 1 is 1.32 bits per heavy atom. The van der Waals surface area contributed by atoms with Crippen LogP contribution >= 0.6 is 11.8 Å². The first-order chi connectivity index (χ1) is 9.16. The molecule has 1 aliphatic carbocycles. The molecule has 0 spiro atoms. The third kappa shape index (κ3) is 4.27. The third-order valence-corrected chi connectivity index (χ3v) is 4.67. The fourth-order valence-electron chi connectivity index (χ4n) is 2.38. The van der Waals surface area contributed by atoms with Crippen LogP contribution in [0.5, 0.6) is 5.75 Å². The Hall–Kier alpha value is -0.960. The van der Waals surface area contributed by atoms with Crippen LogP contribution < -0.4 is 4.74 Å². The highest BCUT2D eigenvalue weighted by atomic mass is 32.2. The lowest BCUT2D eigenvalue weighted by Gasteiger charge is -2.14. The number of ether oxygens (including phenoxy) is 1. The van der Waals surface area contributed by atoms with Gasteiger partial charge in [-0.25, -0.2) is 0 Å². The van der Waals surface area contributed by atoms with Crippen LogP contribution in [0.25, 0.3) is 0 Å². The predicted octanol–water partition coefficient (Wildman–Crippen LogP) is 4.33. The van der Waals surface area contributed by atoms with Crippen LogP contribution in [0.4, 0.5) is 0 Å². The molecule has 0 amide bonds. The molecule has 0 unspecified atom stereocenters. The van der Waals surface area contributed by atoms with Crippen molar-refractivity contribution in [2.24, 2.45) is 0 Å². The Bertz CT molecular complexity index is 423. The van der Waals surface area contributed by atoms with Crippen molar-refractivity contribution in [1.82, 2.24) is 0 Å². The summed E-state index contributed by atoms with van der Waals surface area (Å²) in [7, 11) is 0. The Kier molecular flexibility index (Phi) is 5.32. The smallest absolute Gasteiger partial charge is 0.176 e. The van der Waals surface area contributed by atoms with Crippen molar-refractivity contribution in [3.8, 4) is 5.75 Å². The summed E-state index contributed by atoms with van der Waals surface area (Å²) in [6.45, 7) is 3.96. The SMILES string of the molecule is CC(C)Oc1ccccc1C(=O)CSC1CCCC1. The largest absolute Gasteiger partial charge is 0.490 e. The van der Waals surface area contributed by atoms with Crippen LogP contribution in [-0.4, -0.2) is 22.9 Å². The summed E-state index contributed by atoms with van der Waals surface area (Å²) < 4.78 is 5.71. The van der Waals surface area contributed by atoms with E-state index in [4.69, 9.17) is 4.74 Å². The number of ketones is 1. The summed E-state index contributed by atoms with van der Waals surface area (Å²) in [5.74, 6) is 1.48. The van der Waals surface area contributed by atoms with Gasteiger partial charge in [0.2, 0.25) is 0 Å². The van der Waals surface area contributed by atoms with Gasteiger partial charge < -0.3 is 4.74 Å². The average Bonchev–Trinajstić information content (AvgIpc) is 2.89. The molecule has 2 nitrogen and oxygen atoms in total. The van der Waals surface area contributed by atoms with Gasteiger partial charge in [-0.3, -0.25) is 4.79 Å². The van der Waals surface area contributed by atoms with E-state index in [0.29, 0.717) is 11.0 Å². The van der Waals surface area contributed by atoms with E-state index in [0.717, 1.165) is 11.3 Å². The molecule has 0 aliphatic heterocycles. The summed E-state index contributed by atoms with van der Waals surface area (Å²) in [5, 5.41) is 0.683. The van der Waals surface area contributed by atoms with Crippen molar-refractivity contribution in [2.75, 3.05) is 5.75 Å². The molecular weight excluding hydrogens is 256 g/mol. The van der Waals surface area contributed by atoms with Gasteiger partial charge in [0.15, 0.2) is 5.78 Å².